The molecule has 0 saturated carbocycles. The molecule has 0 aliphatic rings. The molecule has 3 nitrogen and oxygen atoms in total. The Morgan fingerprint density at radius 3 is 1.72 bits per heavy atom. The van der Waals surface area contributed by atoms with Crippen LogP contribution in [-0.4, -0.2) is 12.0 Å². The first-order valence-corrected chi connectivity index (χ1v) is 10.6. The molecule has 0 aliphatic heterocycles. The van der Waals surface area contributed by atoms with Gasteiger partial charge in [0, 0.05) is 0 Å². The zero-order chi connectivity index (χ0) is 21.8. The van der Waals surface area contributed by atoms with E-state index in [1.165, 1.54) is 11.1 Å². The number of ether oxygens (including phenoxy) is 1. The quantitative estimate of drug-likeness (QED) is 0.622. The number of hydrogen-bond donors (Lipinski definition) is 1. The summed E-state index contributed by atoms with van der Waals surface area (Å²) in [5.41, 5.74) is 3.84. The van der Waals surface area contributed by atoms with E-state index in [0.717, 1.165) is 11.3 Å². The number of nitrogens with one attached hydrogen (secondary N) is 1. The van der Waals surface area contributed by atoms with Crippen LogP contribution in [0.1, 0.15) is 84.5 Å². The van der Waals surface area contributed by atoms with E-state index in [4.69, 9.17) is 4.74 Å². The van der Waals surface area contributed by atoms with E-state index in [0.29, 0.717) is 6.42 Å². The SMILES string of the molecule is CC[C@@H](Oc1ccc(C(C)(C)C)cc1)C(=O)N[C@H](C)c1ccc(C(C)(C)C)cc1. The Morgan fingerprint density at radius 1 is 0.862 bits per heavy atom. The van der Waals surface area contributed by atoms with E-state index in [1.807, 2.05) is 26.0 Å². The van der Waals surface area contributed by atoms with E-state index in [1.54, 1.807) is 0 Å². The van der Waals surface area contributed by atoms with Gasteiger partial charge in [0.2, 0.25) is 0 Å². The van der Waals surface area contributed by atoms with Crippen LogP contribution in [-0.2, 0) is 15.6 Å². The number of rotatable bonds is 6. The molecule has 0 unspecified atom stereocenters. The minimum absolute atomic E-state index is 0.0718. The molecule has 2 aromatic carbocycles. The van der Waals surface area contributed by atoms with Crippen molar-refractivity contribution in [1.82, 2.24) is 5.32 Å². The summed E-state index contributed by atoms with van der Waals surface area (Å²) >= 11 is 0. The van der Waals surface area contributed by atoms with Gasteiger partial charge in [0.25, 0.3) is 5.91 Å². The maximum atomic E-state index is 12.8. The molecule has 3 heteroatoms. The summed E-state index contributed by atoms with van der Waals surface area (Å²) in [4.78, 5) is 12.8. The third-order valence-electron chi connectivity index (χ3n) is 5.30. The van der Waals surface area contributed by atoms with Gasteiger partial charge in [-0.05, 0) is 53.0 Å². The van der Waals surface area contributed by atoms with Crippen molar-refractivity contribution in [1.29, 1.82) is 0 Å². The standard InChI is InChI=1S/C26H37NO2/c1-9-23(29-22-16-14-21(15-17-22)26(6,7)8)24(28)27-18(2)19-10-12-20(13-11-19)25(3,4)5/h10-18,23H,9H2,1-8H3,(H,27,28)/t18-,23-/m1/s1. The molecule has 0 saturated heterocycles. The predicted molar refractivity (Wildman–Crippen MR) is 122 cm³/mol. The highest BCUT2D eigenvalue weighted by Crippen LogP contribution is 2.26. The second kappa shape index (κ2) is 9.02. The van der Waals surface area contributed by atoms with Gasteiger partial charge in [-0.25, -0.2) is 0 Å². The van der Waals surface area contributed by atoms with Crippen LogP contribution in [0.5, 0.6) is 5.75 Å². The first kappa shape index (κ1) is 23.0. The molecule has 0 aromatic heterocycles. The van der Waals surface area contributed by atoms with E-state index in [9.17, 15) is 4.79 Å². The molecular formula is C26H37NO2. The van der Waals surface area contributed by atoms with Crippen LogP contribution >= 0.6 is 0 Å². The summed E-state index contributed by atoms with van der Waals surface area (Å²) in [6.45, 7) is 17.1. The van der Waals surface area contributed by atoms with Crippen molar-refractivity contribution in [2.45, 2.75) is 84.8 Å². The smallest absolute Gasteiger partial charge is 0.261 e. The molecule has 1 amide bonds. The van der Waals surface area contributed by atoms with Gasteiger partial charge in [-0.2, -0.15) is 0 Å². The minimum Gasteiger partial charge on any atom is -0.481 e. The molecule has 0 radical (unpaired) electrons. The molecule has 0 spiro atoms. The Kier molecular flexibility index (Phi) is 7.15. The summed E-state index contributed by atoms with van der Waals surface area (Å²) < 4.78 is 5.98. The molecule has 0 heterocycles. The molecule has 2 aromatic rings. The maximum absolute atomic E-state index is 12.8. The van der Waals surface area contributed by atoms with Gasteiger partial charge in [0.1, 0.15) is 5.75 Å². The van der Waals surface area contributed by atoms with Crippen molar-refractivity contribution in [3.63, 3.8) is 0 Å². The van der Waals surface area contributed by atoms with Crippen molar-refractivity contribution in [2.24, 2.45) is 0 Å². The molecule has 0 aliphatic carbocycles. The van der Waals surface area contributed by atoms with Crippen molar-refractivity contribution >= 4 is 5.91 Å². The van der Waals surface area contributed by atoms with Crippen molar-refractivity contribution in [2.75, 3.05) is 0 Å². The van der Waals surface area contributed by atoms with Crippen LogP contribution in [0.4, 0.5) is 0 Å². The zero-order valence-corrected chi connectivity index (χ0v) is 19.3. The second-order valence-electron chi connectivity index (χ2n) is 9.89. The fourth-order valence-corrected chi connectivity index (χ4v) is 3.18. The van der Waals surface area contributed by atoms with Crippen LogP contribution in [0.3, 0.4) is 0 Å². The van der Waals surface area contributed by atoms with Crippen LogP contribution < -0.4 is 10.1 Å². The molecule has 0 bridgehead atoms. The number of carbonyl (C=O) groups excluding carboxylic acids is 1. The van der Waals surface area contributed by atoms with Gasteiger partial charge in [0.15, 0.2) is 6.10 Å². The fourth-order valence-electron chi connectivity index (χ4n) is 3.18. The highest BCUT2D eigenvalue weighted by Gasteiger charge is 2.22. The number of hydrogen-bond acceptors (Lipinski definition) is 2. The van der Waals surface area contributed by atoms with Crippen molar-refractivity contribution in [3.05, 3.63) is 65.2 Å². The van der Waals surface area contributed by atoms with Gasteiger partial charge in [-0.3, -0.25) is 4.79 Å². The molecule has 158 valence electrons. The molecule has 2 rings (SSSR count). The lowest BCUT2D eigenvalue weighted by Crippen LogP contribution is -2.39. The summed E-state index contributed by atoms with van der Waals surface area (Å²) in [6, 6.07) is 16.4. The van der Waals surface area contributed by atoms with E-state index in [2.05, 4.69) is 83.3 Å². The van der Waals surface area contributed by atoms with Gasteiger partial charge >= 0.3 is 0 Å². The first-order chi connectivity index (χ1) is 13.4. The lowest BCUT2D eigenvalue weighted by atomic mass is 9.86. The number of carbonyl (C=O) groups is 1. The Bertz CT molecular complexity index is 793. The lowest BCUT2D eigenvalue weighted by molar-refractivity contribution is -0.128. The van der Waals surface area contributed by atoms with Gasteiger partial charge in [-0.15, -0.1) is 0 Å². The predicted octanol–water partition coefficient (Wildman–Crippen LogP) is 6.32. The summed E-state index contributed by atoms with van der Waals surface area (Å²) in [5.74, 6) is 0.641. The summed E-state index contributed by atoms with van der Waals surface area (Å²) in [5, 5.41) is 3.10. The largest absolute Gasteiger partial charge is 0.481 e. The lowest BCUT2D eigenvalue weighted by Gasteiger charge is -2.23. The average Bonchev–Trinajstić information content (AvgIpc) is 2.65. The third kappa shape index (κ3) is 6.35. The van der Waals surface area contributed by atoms with E-state index in [-0.39, 0.29) is 22.8 Å². The van der Waals surface area contributed by atoms with Crippen molar-refractivity contribution in [3.8, 4) is 5.75 Å². The average molecular weight is 396 g/mol. The van der Waals surface area contributed by atoms with Gasteiger partial charge in [0.05, 0.1) is 6.04 Å². The summed E-state index contributed by atoms with van der Waals surface area (Å²) in [6.07, 6.45) is 0.106. The van der Waals surface area contributed by atoms with Crippen LogP contribution in [0.2, 0.25) is 0 Å². The van der Waals surface area contributed by atoms with Crippen LogP contribution in [0.15, 0.2) is 48.5 Å². The Balaban J connectivity index is 2.02. The van der Waals surface area contributed by atoms with Gasteiger partial charge in [-0.1, -0.05) is 84.9 Å². The number of amides is 1. The first-order valence-electron chi connectivity index (χ1n) is 10.6. The monoisotopic (exact) mass is 395 g/mol. The zero-order valence-electron chi connectivity index (χ0n) is 19.3. The molecular weight excluding hydrogens is 358 g/mol. The van der Waals surface area contributed by atoms with Gasteiger partial charge < -0.3 is 10.1 Å². The van der Waals surface area contributed by atoms with Crippen LogP contribution in [0, 0.1) is 0 Å². The minimum atomic E-state index is -0.508. The van der Waals surface area contributed by atoms with E-state index < -0.39 is 6.10 Å². The molecule has 2 atom stereocenters. The van der Waals surface area contributed by atoms with Crippen LogP contribution in [0.25, 0.3) is 0 Å². The number of benzene rings is 2. The van der Waals surface area contributed by atoms with Crippen molar-refractivity contribution < 1.29 is 9.53 Å². The third-order valence-corrected chi connectivity index (χ3v) is 5.30. The molecule has 29 heavy (non-hydrogen) atoms. The van der Waals surface area contributed by atoms with E-state index >= 15 is 0 Å². The molecule has 1 N–H and O–H groups in total. The Morgan fingerprint density at radius 2 is 1.31 bits per heavy atom. The summed E-state index contributed by atoms with van der Waals surface area (Å²) in [7, 11) is 0. The fraction of sp³-hybridized carbons (Fsp3) is 0.500. The Labute approximate surface area is 176 Å². The normalized spacial score (nSPS) is 14.2. The topological polar surface area (TPSA) is 38.3 Å². The Hall–Kier alpha value is -2.29. The highest BCUT2D eigenvalue weighted by molar-refractivity contribution is 5.81. The highest BCUT2D eigenvalue weighted by atomic mass is 16.5. The maximum Gasteiger partial charge on any atom is 0.261 e. The molecule has 0 fully saturated rings. The second-order valence-corrected chi connectivity index (χ2v) is 9.89.